The molecule has 0 bridgehead atoms. The zero-order chi connectivity index (χ0) is 20.9. The predicted octanol–water partition coefficient (Wildman–Crippen LogP) is -0.397. The van der Waals surface area contributed by atoms with Crippen LogP contribution in [0.2, 0.25) is 0 Å². The van der Waals surface area contributed by atoms with Gasteiger partial charge in [-0.1, -0.05) is 0 Å². The Hall–Kier alpha value is -2.96. The Morgan fingerprint density at radius 3 is 1.82 bits per heavy atom. The third kappa shape index (κ3) is 6.04. The monoisotopic (exact) mass is 426 g/mol. The zero-order valence-corrected chi connectivity index (χ0v) is 15.9. The smallest absolute Gasteiger partial charge is 0.261 e. The van der Waals surface area contributed by atoms with Gasteiger partial charge in [-0.3, -0.25) is 9.52 Å². The number of nitrogens with one attached hydrogen (secondary N) is 2. The van der Waals surface area contributed by atoms with Gasteiger partial charge in [-0.05, 0) is 55.0 Å². The molecule has 0 saturated carbocycles. The Morgan fingerprint density at radius 2 is 1.32 bits per heavy atom. The third-order valence-electron chi connectivity index (χ3n) is 3.44. The number of benzene rings is 2. The molecule has 4 N–H and O–H groups in total. The molecule has 0 saturated heterocycles. The van der Waals surface area contributed by atoms with Crippen molar-refractivity contribution in [3.8, 4) is 0 Å². The van der Waals surface area contributed by atoms with Gasteiger partial charge in [0.05, 0.1) is 9.79 Å². The highest BCUT2D eigenvalue weighted by molar-refractivity contribution is 7.92. The third-order valence-corrected chi connectivity index (χ3v) is 5.77. The van der Waals surface area contributed by atoms with Crippen molar-refractivity contribution in [2.24, 2.45) is 5.14 Å². The van der Waals surface area contributed by atoms with Gasteiger partial charge < -0.3 is 15.2 Å². The number of hydrogen-bond donors (Lipinski definition) is 3. The van der Waals surface area contributed by atoms with Gasteiger partial charge in [0.1, 0.15) is 0 Å². The van der Waals surface area contributed by atoms with Crippen LogP contribution in [0.4, 0.5) is 11.4 Å². The fourth-order valence-electron chi connectivity index (χ4n) is 2.08. The average molecular weight is 426 g/mol. The largest absolute Gasteiger partial charge is 0.550 e. The van der Waals surface area contributed by atoms with Crippen molar-refractivity contribution in [1.29, 1.82) is 0 Å². The summed E-state index contributed by atoms with van der Waals surface area (Å²) in [6, 6.07) is 10.0. The van der Waals surface area contributed by atoms with Crippen LogP contribution < -0.4 is 20.3 Å². The number of sulfonamides is 2. The first kappa shape index (κ1) is 21.3. The van der Waals surface area contributed by atoms with E-state index in [1.807, 2.05) is 0 Å². The standard InChI is InChI=1S/C16H17N3O7S2/c17-27(23,24)13-5-3-12(4-6-13)19-28(25,26)14-7-1-11(2-8-14)18-15(20)9-10-16(21)22/h1-8,19H,9-10H2,(H,18,20)(H,21,22)(H2,17,23,24)/p-1. The van der Waals surface area contributed by atoms with Crippen LogP contribution in [0, 0.1) is 0 Å². The van der Waals surface area contributed by atoms with Gasteiger partial charge >= 0.3 is 0 Å². The van der Waals surface area contributed by atoms with Crippen LogP contribution in [0.15, 0.2) is 58.3 Å². The molecule has 2 aromatic carbocycles. The topological polar surface area (TPSA) is 176 Å². The van der Waals surface area contributed by atoms with Crippen molar-refractivity contribution in [3.63, 3.8) is 0 Å². The van der Waals surface area contributed by atoms with Crippen molar-refractivity contribution in [2.45, 2.75) is 22.6 Å². The average Bonchev–Trinajstić information content (AvgIpc) is 2.60. The minimum atomic E-state index is -3.96. The number of aliphatic carboxylic acids is 1. The molecule has 0 aliphatic heterocycles. The molecule has 0 spiro atoms. The second-order valence-electron chi connectivity index (χ2n) is 5.62. The summed E-state index contributed by atoms with van der Waals surface area (Å²) in [5.41, 5.74) is 0.423. The van der Waals surface area contributed by atoms with E-state index in [9.17, 15) is 31.5 Å². The quantitative estimate of drug-likeness (QED) is 0.514. The van der Waals surface area contributed by atoms with Crippen LogP contribution in [0.25, 0.3) is 0 Å². The summed E-state index contributed by atoms with van der Waals surface area (Å²) >= 11 is 0. The van der Waals surface area contributed by atoms with Crippen LogP contribution in [0.3, 0.4) is 0 Å². The number of primary sulfonamides is 1. The maximum atomic E-state index is 12.4. The second kappa shape index (κ2) is 8.37. The Labute approximate surface area is 161 Å². The molecule has 0 aliphatic rings. The molecule has 12 heteroatoms. The molecule has 0 aliphatic carbocycles. The van der Waals surface area contributed by atoms with E-state index in [-0.39, 0.29) is 21.9 Å². The highest BCUT2D eigenvalue weighted by Crippen LogP contribution is 2.19. The van der Waals surface area contributed by atoms with Gasteiger partial charge in [-0.15, -0.1) is 0 Å². The van der Waals surface area contributed by atoms with E-state index in [2.05, 4.69) is 10.0 Å². The Bertz CT molecular complexity index is 1080. The van der Waals surface area contributed by atoms with Gasteiger partial charge in [0.15, 0.2) is 0 Å². The molecule has 0 heterocycles. The summed E-state index contributed by atoms with van der Waals surface area (Å²) in [6.45, 7) is 0. The van der Waals surface area contributed by atoms with Crippen LogP contribution in [-0.4, -0.2) is 28.7 Å². The van der Waals surface area contributed by atoms with E-state index < -0.39 is 38.3 Å². The predicted molar refractivity (Wildman–Crippen MR) is 97.9 cm³/mol. The van der Waals surface area contributed by atoms with Crippen LogP contribution >= 0.6 is 0 Å². The first-order chi connectivity index (χ1) is 13.0. The van der Waals surface area contributed by atoms with E-state index in [1.54, 1.807) is 0 Å². The molecule has 2 aromatic rings. The van der Waals surface area contributed by atoms with E-state index in [4.69, 9.17) is 5.14 Å². The van der Waals surface area contributed by atoms with Gasteiger partial charge in [-0.2, -0.15) is 0 Å². The number of nitrogens with two attached hydrogens (primary N) is 1. The van der Waals surface area contributed by atoms with Crippen LogP contribution in [-0.2, 0) is 29.6 Å². The van der Waals surface area contributed by atoms with Gasteiger partial charge in [0, 0.05) is 23.8 Å². The molecular weight excluding hydrogens is 410 g/mol. The van der Waals surface area contributed by atoms with Gasteiger partial charge in [0.25, 0.3) is 10.0 Å². The lowest BCUT2D eigenvalue weighted by atomic mass is 10.2. The highest BCUT2D eigenvalue weighted by Gasteiger charge is 2.15. The van der Waals surface area contributed by atoms with Crippen molar-refractivity contribution in [1.82, 2.24) is 0 Å². The summed E-state index contributed by atoms with van der Waals surface area (Å²) in [4.78, 5) is 21.6. The van der Waals surface area contributed by atoms with E-state index in [0.29, 0.717) is 5.69 Å². The van der Waals surface area contributed by atoms with E-state index in [1.165, 1.54) is 48.5 Å². The Balaban J connectivity index is 2.07. The molecule has 0 unspecified atom stereocenters. The number of carbonyl (C=O) groups is 2. The second-order valence-corrected chi connectivity index (χ2v) is 8.86. The van der Waals surface area contributed by atoms with Crippen LogP contribution in [0.5, 0.6) is 0 Å². The molecule has 1 amide bonds. The van der Waals surface area contributed by atoms with Crippen molar-refractivity contribution in [3.05, 3.63) is 48.5 Å². The van der Waals surface area contributed by atoms with E-state index >= 15 is 0 Å². The van der Waals surface area contributed by atoms with Crippen LogP contribution in [0.1, 0.15) is 12.8 Å². The molecule has 0 aromatic heterocycles. The molecule has 2 rings (SSSR count). The maximum Gasteiger partial charge on any atom is 0.261 e. The number of rotatable bonds is 8. The summed E-state index contributed by atoms with van der Waals surface area (Å²) < 4.78 is 49.5. The summed E-state index contributed by atoms with van der Waals surface area (Å²) in [7, 11) is -7.84. The molecule has 28 heavy (non-hydrogen) atoms. The van der Waals surface area contributed by atoms with Crippen molar-refractivity contribution >= 4 is 43.3 Å². The fourth-order valence-corrected chi connectivity index (χ4v) is 3.66. The fraction of sp³-hybridized carbons (Fsp3) is 0.125. The van der Waals surface area contributed by atoms with E-state index in [0.717, 1.165) is 0 Å². The lowest BCUT2D eigenvalue weighted by Crippen LogP contribution is -2.24. The SMILES string of the molecule is NS(=O)(=O)c1ccc(NS(=O)(=O)c2ccc(NC(=O)CCC(=O)[O-])cc2)cc1. The van der Waals surface area contributed by atoms with Gasteiger partial charge in [-0.25, -0.2) is 22.0 Å². The molecule has 0 fully saturated rings. The summed E-state index contributed by atoms with van der Waals surface area (Å²) in [5, 5.41) is 17.7. The molecule has 0 atom stereocenters. The minimum Gasteiger partial charge on any atom is -0.550 e. The lowest BCUT2D eigenvalue weighted by Gasteiger charge is -2.10. The molecule has 10 nitrogen and oxygen atoms in total. The number of carbonyl (C=O) groups excluding carboxylic acids is 2. The lowest BCUT2D eigenvalue weighted by molar-refractivity contribution is -0.305. The molecular formula is C16H16N3O7S2-. The highest BCUT2D eigenvalue weighted by atomic mass is 32.2. The number of hydrogen-bond acceptors (Lipinski definition) is 7. The molecule has 0 radical (unpaired) electrons. The zero-order valence-electron chi connectivity index (χ0n) is 14.3. The van der Waals surface area contributed by atoms with Crippen molar-refractivity contribution in [2.75, 3.05) is 10.0 Å². The first-order valence-electron chi connectivity index (χ1n) is 7.73. The van der Waals surface area contributed by atoms with Crippen molar-refractivity contribution < 1.29 is 31.5 Å². The minimum absolute atomic E-state index is 0.101. The normalized spacial score (nSPS) is 11.6. The first-order valence-corrected chi connectivity index (χ1v) is 10.8. The number of anilines is 2. The number of amides is 1. The molecule has 150 valence electrons. The maximum absolute atomic E-state index is 12.4. The summed E-state index contributed by atoms with van der Waals surface area (Å²) in [5.74, 6) is -1.90. The number of carboxylic acid groups (broad SMARTS) is 1. The Kier molecular flexibility index (Phi) is 6.38. The van der Waals surface area contributed by atoms with Gasteiger partial charge in [0.2, 0.25) is 15.9 Å². The summed E-state index contributed by atoms with van der Waals surface area (Å²) in [6.07, 6.45) is -0.690. The Morgan fingerprint density at radius 1 is 0.821 bits per heavy atom. The number of carboxylic acids is 1.